The van der Waals surface area contributed by atoms with Crippen LogP contribution >= 0.6 is 0 Å². The van der Waals surface area contributed by atoms with Crippen LogP contribution < -0.4 is 0 Å². The van der Waals surface area contributed by atoms with Crippen LogP contribution in [0.4, 0.5) is 0 Å². The number of rotatable bonds is 4. The van der Waals surface area contributed by atoms with Crippen LogP contribution in [0.5, 0.6) is 0 Å². The van der Waals surface area contributed by atoms with E-state index in [-0.39, 0.29) is 0 Å². The summed E-state index contributed by atoms with van der Waals surface area (Å²) >= 11 is 0. The summed E-state index contributed by atoms with van der Waals surface area (Å²) in [6.45, 7) is 10.2. The van der Waals surface area contributed by atoms with Gasteiger partial charge in [-0.2, -0.15) is 0 Å². The zero-order chi connectivity index (χ0) is 12.3. The molecule has 86 valence electrons. The fraction of sp³-hybridized carbons (Fsp3) is 0.125. The van der Waals surface area contributed by atoms with E-state index < -0.39 is 0 Å². The Hall–Kier alpha value is -2.02. The molecular formula is C16H16O. The Morgan fingerprint density at radius 3 is 2.53 bits per heavy atom. The molecule has 0 saturated carbocycles. The quantitative estimate of drug-likeness (QED) is 0.693. The van der Waals surface area contributed by atoms with Gasteiger partial charge in [0.2, 0.25) is 0 Å². The summed E-state index contributed by atoms with van der Waals surface area (Å²) in [7, 11) is 0. The lowest BCUT2D eigenvalue weighted by Crippen LogP contribution is -1.91. The smallest absolute Gasteiger partial charge is 0.113 e. The molecule has 2 aromatic rings. The van der Waals surface area contributed by atoms with Crippen molar-refractivity contribution in [2.45, 2.75) is 13.5 Å². The van der Waals surface area contributed by atoms with Crippen molar-refractivity contribution in [3.05, 3.63) is 66.9 Å². The normalized spacial score (nSPS) is 10.2. The van der Waals surface area contributed by atoms with Crippen molar-refractivity contribution >= 4 is 16.3 Å². The second-order valence-corrected chi connectivity index (χ2v) is 4.08. The summed E-state index contributed by atoms with van der Waals surface area (Å²) in [5.74, 6) is 0. The maximum atomic E-state index is 5.27. The van der Waals surface area contributed by atoms with Crippen molar-refractivity contribution in [2.24, 2.45) is 0 Å². The molecule has 0 atom stereocenters. The Balaban J connectivity index is 2.61. The van der Waals surface area contributed by atoms with Crippen LogP contribution in [-0.4, -0.2) is 0 Å². The first-order valence-electron chi connectivity index (χ1n) is 5.63. The number of allylic oxidation sites excluding steroid dienone is 1. The molecule has 0 N–H and O–H groups in total. The lowest BCUT2D eigenvalue weighted by molar-refractivity contribution is 0.239. The minimum atomic E-state index is 0.556. The molecule has 2 aromatic carbocycles. The molecule has 0 spiro atoms. The van der Waals surface area contributed by atoms with Crippen molar-refractivity contribution in [2.75, 3.05) is 0 Å². The second-order valence-electron chi connectivity index (χ2n) is 4.08. The molecule has 1 nitrogen and oxygen atoms in total. The number of hydrogen-bond donors (Lipinski definition) is 0. The highest BCUT2D eigenvalue weighted by molar-refractivity contribution is 5.95. The number of fused-ring (bicyclic) bond motifs is 1. The third-order valence-corrected chi connectivity index (χ3v) is 2.83. The highest BCUT2D eigenvalue weighted by atomic mass is 16.5. The van der Waals surface area contributed by atoms with Crippen molar-refractivity contribution in [1.29, 1.82) is 0 Å². The molecule has 17 heavy (non-hydrogen) atoms. The van der Waals surface area contributed by atoms with Crippen LogP contribution in [0.15, 0.2) is 55.8 Å². The predicted octanol–water partition coefficient (Wildman–Crippen LogP) is 4.53. The molecule has 1 heteroatoms. The molecule has 0 unspecified atom stereocenters. The van der Waals surface area contributed by atoms with Crippen molar-refractivity contribution in [3.63, 3.8) is 0 Å². The second kappa shape index (κ2) is 4.88. The third kappa shape index (κ3) is 2.23. The van der Waals surface area contributed by atoms with E-state index in [1.165, 1.54) is 28.2 Å². The maximum Gasteiger partial charge on any atom is 0.113 e. The van der Waals surface area contributed by atoms with E-state index in [1.54, 1.807) is 0 Å². The molecule has 2 rings (SSSR count). The molecule has 0 heterocycles. The average molecular weight is 224 g/mol. The van der Waals surface area contributed by atoms with Crippen LogP contribution in [-0.2, 0) is 11.3 Å². The lowest BCUT2D eigenvalue weighted by atomic mass is 9.96. The van der Waals surface area contributed by atoms with Gasteiger partial charge in [-0.3, -0.25) is 0 Å². The zero-order valence-corrected chi connectivity index (χ0v) is 10.1. The summed E-state index contributed by atoms with van der Waals surface area (Å²) in [5.41, 5.74) is 3.45. The number of ether oxygens (including phenoxy) is 1. The van der Waals surface area contributed by atoms with Gasteiger partial charge in [-0.25, -0.2) is 0 Å². The number of benzene rings is 2. The average Bonchev–Trinajstić information content (AvgIpc) is 2.35. The van der Waals surface area contributed by atoms with E-state index in [0.29, 0.717) is 6.61 Å². The van der Waals surface area contributed by atoms with Crippen molar-refractivity contribution in [1.82, 2.24) is 0 Å². The van der Waals surface area contributed by atoms with E-state index in [1.807, 2.05) is 19.1 Å². The maximum absolute atomic E-state index is 5.27. The van der Waals surface area contributed by atoms with Gasteiger partial charge in [0.25, 0.3) is 0 Å². The highest BCUT2D eigenvalue weighted by Crippen LogP contribution is 2.27. The zero-order valence-electron chi connectivity index (χ0n) is 10.1. The summed E-state index contributed by atoms with van der Waals surface area (Å²) in [6, 6.07) is 12.5. The lowest BCUT2D eigenvalue weighted by Gasteiger charge is -2.10. The van der Waals surface area contributed by atoms with Gasteiger partial charge < -0.3 is 4.74 Å². The summed E-state index contributed by atoms with van der Waals surface area (Å²) in [6.07, 6.45) is 1.47. The highest BCUT2D eigenvalue weighted by Gasteiger charge is 2.05. The van der Waals surface area contributed by atoms with Crippen molar-refractivity contribution < 1.29 is 4.74 Å². The molecule has 0 bridgehead atoms. The predicted molar refractivity (Wildman–Crippen MR) is 73.6 cm³/mol. The molecule has 0 fully saturated rings. The first-order chi connectivity index (χ1) is 8.24. The van der Waals surface area contributed by atoms with Crippen LogP contribution in [0.3, 0.4) is 0 Å². The van der Waals surface area contributed by atoms with E-state index in [0.717, 1.165) is 5.57 Å². The summed E-state index contributed by atoms with van der Waals surface area (Å²) < 4.78 is 5.27. The first-order valence-corrected chi connectivity index (χ1v) is 5.63. The molecule has 0 aliphatic heterocycles. The third-order valence-electron chi connectivity index (χ3n) is 2.83. The Labute approximate surface area is 102 Å². The Morgan fingerprint density at radius 1 is 1.18 bits per heavy atom. The van der Waals surface area contributed by atoms with E-state index in [9.17, 15) is 0 Å². The molecule has 0 radical (unpaired) electrons. The standard InChI is InChI=1S/C16H16O/c1-4-17-11-13-9-10-14(12(2)3)16-8-6-5-7-15(13)16/h4-10H,1-2,11H2,3H3. The van der Waals surface area contributed by atoms with Gasteiger partial charge in [-0.1, -0.05) is 55.1 Å². The van der Waals surface area contributed by atoms with Gasteiger partial charge in [0.15, 0.2) is 0 Å². The topological polar surface area (TPSA) is 9.23 Å². The molecule has 0 aromatic heterocycles. The van der Waals surface area contributed by atoms with Crippen LogP contribution in [0.1, 0.15) is 18.1 Å². The van der Waals surface area contributed by atoms with Gasteiger partial charge in [0.1, 0.15) is 6.61 Å². The minimum absolute atomic E-state index is 0.556. The Bertz CT molecular complexity index is 567. The van der Waals surface area contributed by atoms with Crippen molar-refractivity contribution in [3.8, 4) is 0 Å². The number of hydrogen-bond acceptors (Lipinski definition) is 1. The molecule has 0 aliphatic rings. The van der Waals surface area contributed by atoms with Gasteiger partial charge in [-0.05, 0) is 28.8 Å². The van der Waals surface area contributed by atoms with E-state index in [2.05, 4.69) is 37.4 Å². The Kier molecular flexibility index (Phi) is 3.29. The van der Waals surface area contributed by atoms with Gasteiger partial charge in [0, 0.05) is 0 Å². The summed E-state index contributed by atoms with van der Waals surface area (Å²) in [5, 5.41) is 2.44. The monoisotopic (exact) mass is 224 g/mol. The first kappa shape index (κ1) is 11.5. The fourth-order valence-electron chi connectivity index (χ4n) is 2.01. The Morgan fingerprint density at radius 2 is 1.88 bits per heavy atom. The van der Waals surface area contributed by atoms with E-state index >= 15 is 0 Å². The van der Waals surface area contributed by atoms with Gasteiger partial charge >= 0.3 is 0 Å². The molecular weight excluding hydrogens is 208 g/mol. The van der Waals surface area contributed by atoms with Crippen LogP contribution in [0, 0.1) is 0 Å². The van der Waals surface area contributed by atoms with Crippen LogP contribution in [0.2, 0.25) is 0 Å². The molecule has 0 amide bonds. The fourth-order valence-corrected chi connectivity index (χ4v) is 2.01. The molecule has 0 saturated heterocycles. The van der Waals surface area contributed by atoms with E-state index in [4.69, 9.17) is 4.74 Å². The largest absolute Gasteiger partial charge is 0.497 e. The SMILES string of the molecule is C=COCc1ccc(C(=C)C)c2ccccc12. The minimum Gasteiger partial charge on any atom is -0.497 e. The summed E-state index contributed by atoms with van der Waals surface area (Å²) in [4.78, 5) is 0. The van der Waals surface area contributed by atoms with Gasteiger partial charge in [0.05, 0.1) is 6.26 Å². The van der Waals surface area contributed by atoms with Crippen LogP contribution in [0.25, 0.3) is 16.3 Å². The van der Waals surface area contributed by atoms with Gasteiger partial charge in [-0.15, -0.1) is 0 Å². The molecule has 0 aliphatic carbocycles.